The van der Waals surface area contributed by atoms with E-state index in [0.29, 0.717) is 6.42 Å². The standard InChI is InChI=1S/C30H54O11/c1-3-5-7-8-9-10-11-12-13-15-17-20(16-14-6-4-2)38-28-24(34)22(19-32)40-30(27(28)37)41-29-26(36)25(35)23(33)21(18-31)39-29/h9-10,12-13,20-37H,3-8,11,14-19H2,1-2H3/b10-9-,13-12-/t20?,21-,22-,23-,24-,25+,26-,27-,28+,29-,30-/m1/s1. The smallest absolute Gasteiger partial charge is 0.189 e. The summed E-state index contributed by atoms with van der Waals surface area (Å²) in [6, 6.07) is 0. The van der Waals surface area contributed by atoms with Gasteiger partial charge >= 0.3 is 0 Å². The first-order valence-electron chi connectivity index (χ1n) is 15.3. The summed E-state index contributed by atoms with van der Waals surface area (Å²) in [5.41, 5.74) is 0. The maximum Gasteiger partial charge on any atom is 0.189 e. The predicted octanol–water partition coefficient (Wildman–Crippen LogP) is 1.44. The first-order valence-corrected chi connectivity index (χ1v) is 15.3. The van der Waals surface area contributed by atoms with E-state index in [2.05, 4.69) is 38.2 Å². The van der Waals surface area contributed by atoms with Gasteiger partial charge in [-0.05, 0) is 38.5 Å². The molecule has 0 aliphatic carbocycles. The van der Waals surface area contributed by atoms with Crippen molar-refractivity contribution < 1.29 is 54.7 Å². The minimum atomic E-state index is -1.71. The Morgan fingerprint density at radius 1 is 0.634 bits per heavy atom. The first-order chi connectivity index (χ1) is 19.8. The quantitative estimate of drug-likeness (QED) is 0.0855. The summed E-state index contributed by atoms with van der Waals surface area (Å²) in [6.07, 6.45) is 4.61. The maximum absolute atomic E-state index is 11.1. The molecule has 41 heavy (non-hydrogen) atoms. The van der Waals surface area contributed by atoms with Crippen LogP contribution < -0.4 is 0 Å². The van der Waals surface area contributed by atoms with Crippen molar-refractivity contribution in [2.24, 2.45) is 0 Å². The minimum Gasteiger partial charge on any atom is -0.394 e. The van der Waals surface area contributed by atoms with Crippen molar-refractivity contribution in [1.82, 2.24) is 0 Å². The minimum absolute atomic E-state index is 0.282. The molecule has 2 rings (SSSR count). The molecule has 0 radical (unpaired) electrons. The Bertz CT molecular complexity index is 733. The van der Waals surface area contributed by atoms with Gasteiger partial charge in [-0.1, -0.05) is 70.3 Å². The van der Waals surface area contributed by atoms with Gasteiger partial charge in [-0.3, -0.25) is 0 Å². The molecule has 0 aromatic heterocycles. The zero-order valence-electron chi connectivity index (χ0n) is 24.6. The van der Waals surface area contributed by atoms with Crippen LogP contribution in [0.25, 0.3) is 0 Å². The highest BCUT2D eigenvalue weighted by Crippen LogP contribution is 2.30. The lowest BCUT2D eigenvalue weighted by atomic mass is 9.97. The van der Waals surface area contributed by atoms with E-state index < -0.39 is 74.6 Å². The summed E-state index contributed by atoms with van der Waals surface area (Å²) in [7, 11) is 0. The van der Waals surface area contributed by atoms with Gasteiger partial charge in [0, 0.05) is 0 Å². The van der Waals surface area contributed by atoms with Gasteiger partial charge in [-0.2, -0.15) is 0 Å². The topological polar surface area (TPSA) is 179 Å². The molecule has 2 fully saturated rings. The van der Waals surface area contributed by atoms with E-state index in [9.17, 15) is 35.7 Å². The van der Waals surface area contributed by atoms with E-state index in [1.165, 1.54) is 19.3 Å². The third-order valence-corrected chi connectivity index (χ3v) is 7.65. The van der Waals surface area contributed by atoms with Gasteiger partial charge < -0.3 is 54.7 Å². The molecule has 1 unspecified atom stereocenters. The molecule has 0 amide bonds. The lowest BCUT2D eigenvalue weighted by Gasteiger charge is -2.46. The van der Waals surface area contributed by atoms with E-state index in [0.717, 1.165) is 44.9 Å². The fourth-order valence-electron chi connectivity index (χ4n) is 5.06. The second-order valence-corrected chi connectivity index (χ2v) is 11.0. The zero-order chi connectivity index (χ0) is 30.2. The molecule has 0 aromatic rings. The fourth-order valence-corrected chi connectivity index (χ4v) is 5.06. The van der Waals surface area contributed by atoms with Crippen LogP contribution in [-0.4, -0.2) is 116 Å². The highest BCUT2D eigenvalue weighted by Gasteiger charge is 2.50. The van der Waals surface area contributed by atoms with Crippen molar-refractivity contribution in [2.75, 3.05) is 13.2 Å². The molecule has 0 saturated carbocycles. The van der Waals surface area contributed by atoms with Crippen molar-refractivity contribution in [1.29, 1.82) is 0 Å². The summed E-state index contributed by atoms with van der Waals surface area (Å²) >= 11 is 0. The van der Waals surface area contributed by atoms with E-state index in [1.54, 1.807) is 0 Å². The lowest BCUT2D eigenvalue weighted by Crippen LogP contribution is -2.64. The van der Waals surface area contributed by atoms with Crippen LogP contribution in [0.4, 0.5) is 0 Å². The summed E-state index contributed by atoms with van der Waals surface area (Å²) in [5.74, 6) is 0. The first kappa shape index (κ1) is 36.2. The predicted molar refractivity (Wildman–Crippen MR) is 152 cm³/mol. The maximum atomic E-state index is 11.1. The largest absolute Gasteiger partial charge is 0.394 e. The summed E-state index contributed by atoms with van der Waals surface area (Å²) < 4.78 is 22.8. The zero-order valence-corrected chi connectivity index (χ0v) is 24.6. The van der Waals surface area contributed by atoms with Gasteiger partial charge in [0.2, 0.25) is 0 Å². The fraction of sp³-hybridized carbons (Fsp3) is 0.867. The number of aliphatic hydroxyl groups excluding tert-OH is 7. The Balaban J connectivity index is 2.02. The van der Waals surface area contributed by atoms with Crippen LogP contribution in [0.1, 0.15) is 84.5 Å². The van der Waals surface area contributed by atoms with Crippen LogP contribution in [0.2, 0.25) is 0 Å². The Hall–Kier alpha value is -0.960. The molecule has 2 aliphatic heterocycles. The van der Waals surface area contributed by atoms with Crippen LogP contribution in [0, 0.1) is 0 Å². The number of hydrogen-bond donors (Lipinski definition) is 7. The Kier molecular flexibility index (Phi) is 17.7. The summed E-state index contributed by atoms with van der Waals surface area (Å²) in [4.78, 5) is 0. The number of hydrogen-bond acceptors (Lipinski definition) is 11. The third kappa shape index (κ3) is 11.6. The summed E-state index contributed by atoms with van der Waals surface area (Å²) in [6.45, 7) is 3.06. The molecular formula is C30H54O11. The van der Waals surface area contributed by atoms with Gasteiger partial charge in [0.15, 0.2) is 12.6 Å². The van der Waals surface area contributed by atoms with Crippen molar-refractivity contribution in [2.45, 2.75) is 152 Å². The van der Waals surface area contributed by atoms with Crippen LogP contribution in [0.15, 0.2) is 24.3 Å². The number of allylic oxidation sites excluding steroid dienone is 4. The average Bonchev–Trinajstić information content (AvgIpc) is 2.97. The van der Waals surface area contributed by atoms with Crippen molar-refractivity contribution in [3.05, 3.63) is 24.3 Å². The highest BCUT2D eigenvalue weighted by molar-refractivity contribution is 4.95. The van der Waals surface area contributed by atoms with Crippen LogP contribution >= 0.6 is 0 Å². The van der Waals surface area contributed by atoms with Crippen molar-refractivity contribution in [3.8, 4) is 0 Å². The number of rotatable bonds is 19. The van der Waals surface area contributed by atoms with E-state index in [1.807, 2.05) is 0 Å². The van der Waals surface area contributed by atoms with Crippen LogP contribution in [0.5, 0.6) is 0 Å². The number of aliphatic hydroxyl groups is 7. The SMILES string of the molecule is CCCCC/C=C\C/C=C\CCC(CCCCC)O[C@@H]1[C@@H](O)[C@@H](O[C@H]2O[C@H](CO)[C@@H](O)[C@H](O)[C@H]2O)O[C@H](CO)[C@H]1O. The van der Waals surface area contributed by atoms with Crippen LogP contribution in [-0.2, 0) is 18.9 Å². The van der Waals surface area contributed by atoms with Crippen LogP contribution in [0.3, 0.4) is 0 Å². The normalized spacial score (nSPS) is 35.4. The second-order valence-electron chi connectivity index (χ2n) is 11.0. The molecule has 7 N–H and O–H groups in total. The molecule has 2 heterocycles. The molecular weight excluding hydrogens is 536 g/mol. The molecule has 11 atom stereocenters. The van der Waals surface area contributed by atoms with Gasteiger partial charge in [0.1, 0.15) is 48.8 Å². The highest BCUT2D eigenvalue weighted by atomic mass is 16.8. The molecule has 11 heteroatoms. The molecule has 0 aromatic carbocycles. The molecule has 2 aliphatic rings. The Labute approximate surface area is 244 Å². The second kappa shape index (κ2) is 20.1. The van der Waals surface area contributed by atoms with Crippen molar-refractivity contribution >= 4 is 0 Å². The molecule has 11 nitrogen and oxygen atoms in total. The molecule has 0 bridgehead atoms. The third-order valence-electron chi connectivity index (χ3n) is 7.65. The monoisotopic (exact) mass is 590 g/mol. The average molecular weight is 591 g/mol. The molecule has 240 valence electrons. The van der Waals surface area contributed by atoms with Crippen molar-refractivity contribution in [3.63, 3.8) is 0 Å². The molecule has 2 saturated heterocycles. The summed E-state index contributed by atoms with van der Waals surface area (Å²) in [5, 5.41) is 71.7. The number of ether oxygens (including phenoxy) is 4. The lowest BCUT2D eigenvalue weighted by molar-refractivity contribution is -0.380. The van der Waals surface area contributed by atoms with Gasteiger partial charge in [0.25, 0.3) is 0 Å². The Morgan fingerprint density at radius 3 is 1.85 bits per heavy atom. The van der Waals surface area contributed by atoms with Gasteiger partial charge in [0.05, 0.1) is 19.3 Å². The number of unbranched alkanes of at least 4 members (excludes halogenated alkanes) is 5. The van der Waals surface area contributed by atoms with E-state index in [-0.39, 0.29) is 6.10 Å². The van der Waals surface area contributed by atoms with E-state index >= 15 is 0 Å². The van der Waals surface area contributed by atoms with E-state index in [4.69, 9.17) is 18.9 Å². The van der Waals surface area contributed by atoms with Gasteiger partial charge in [-0.25, -0.2) is 0 Å². The Morgan fingerprint density at radius 2 is 1.22 bits per heavy atom. The van der Waals surface area contributed by atoms with Gasteiger partial charge in [-0.15, -0.1) is 0 Å². The molecule has 0 spiro atoms.